The minimum absolute atomic E-state index is 0.226. The highest BCUT2D eigenvalue weighted by molar-refractivity contribution is 7.98. The summed E-state index contributed by atoms with van der Waals surface area (Å²) in [6, 6.07) is 12.0. The van der Waals surface area contributed by atoms with Crippen molar-refractivity contribution in [3.05, 3.63) is 53.8 Å². The molecule has 0 spiro atoms. The third-order valence-corrected chi connectivity index (χ3v) is 4.57. The molecule has 0 fully saturated rings. The van der Waals surface area contributed by atoms with E-state index in [9.17, 15) is 4.79 Å². The van der Waals surface area contributed by atoms with E-state index < -0.39 is 0 Å². The second-order valence-electron chi connectivity index (χ2n) is 5.43. The predicted molar refractivity (Wildman–Crippen MR) is 92.3 cm³/mol. The monoisotopic (exact) mass is 342 g/mol. The fraction of sp³-hybridized carbons (Fsp3) is 0.235. The third-order valence-electron chi connectivity index (χ3n) is 3.53. The average molecular weight is 342 g/mol. The average Bonchev–Trinajstić information content (AvgIpc) is 3.21. The number of furan rings is 1. The van der Waals surface area contributed by atoms with E-state index in [4.69, 9.17) is 10.2 Å². The summed E-state index contributed by atoms with van der Waals surface area (Å²) < 4.78 is 7.28. The molecule has 0 radical (unpaired) electrons. The van der Waals surface area contributed by atoms with Crippen LogP contribution in [0.25, 0.3) is 11.6 Å². The summed E-state index contributed by atoms with van der Waals surface area (Å²) in [7, 11) is 0. The van der Waals surface area contributed by atoms with Gasteiger partial charge in [-0.3, -0.25) is 9.36 Å². The van der Waals surface area contributed by atoms with Crippen molar-refractivity contribution in [3.8, 4) is 11.6 Å². The molecule has 3 rings (SSSR count). The highest BCUT2D eigenvalue weighted by Gasteiger charge is 2.16. The van der Waals surface area contributed by atoms with Gasteiger partial charge in [-0.2, -0.15) is 0 Å². The number of aromatic nitrogens is 3. The molecule has 0 unspecified atom stereocenters. The Morgan fingerprint density at radius 3 is 2.71 bits per heavy atom. The fourth-order valence-corrected chi connectivity index (χ4v) is 3.16. The van der Waals surface area contributed by atoms with Crippen LogP contribution in [0.15, 0.2) is 52.2 Å². The van der Waals surface area contributed by atoms with E-state index in [2.05, 4.69) is 41.4 Å². The molecular weight excluding hydrogens is 324 g/mol. The van der Waals surface area contributed by atoms with Crippen molar-refractivity contribution in [1.29, 1.82) is 0 Å². The molecular formula is C17H18N4O2S. The Morgan fingerprint density at radius 1 is 1.25 bits per heavy atom. The first-order valence-corrected chi connectivity index (χ1v) is 8.56. The molecule has 6 nitrogen and oxygen atoms in total. The lowest BCUT2D eigenvalue weighted by Gasteiger charge is -2.08. The Bertz CT molecular complexity index is 810. The minimum Gasteiger partial charge on any atom is -0.461 e. The molecule has 0 aliphatic carbocycles. The third kappa shape index (κ3) is 3.86. The Morgan fingerprint density at radius 2 is 2.04 bits per heavy atom. The second kappa shape index (κ2) is 7.35. The Hall–Kier alpha value is -2.54. The molecule has 124 valence electrons. The molecule has 0 atom stereocenters. The van der Waals surface area contributed by atoms with Gasteiger partial charge in [0.25, 0.3) is 0 Å². The molecule has 0 aliphatic heterocycles. The molecule has 7 heteroatoms. The quantitative estimate of drug-likeness (QED) is 0.667. The fourth-order valence-electron chi connectivity index (χ4n) is 2.24. The molecule has 3 aromatic rings. The first-order chi connectivity index (χ1) is 11.6. The number of hydrogen-bond acceptors (Lipinski definition) is 5. The first-order valence-electron chi connectivity index (χ1n) is 7.57. The van der Waals surface area contributed by atoms with Gasteiger partial charge in [-0.15, -0.1) is 10.2 Å². The van der Waals surface area contributed by atoms with Gasteiger partial charge in [0.05, 0.1) is 6.26 Å². The smallest absolute Gasteiger partial charge is 0.219 e. The van der Waals surface area contributed by atoms with Crippen LogP contribution >= 0.6 is 11.8 Å². The van der Waals surface area contributed by atoms with E-state index in [-0.39, 0.29) is 12.3 Å². The van der Waals surface area contributed by atoms with Crippen LogP contribution in [0.1, 0.15) is 17.5 Å². The van der Waals surface area contributed by atoms with Crippen molar-refractivity contribution in [1.82, 2.24) is 14.8 Å². The van der Waals surface area contributed by atoms with Crippen LogP contribution in [0.5, 0.6) is 0 Å². The number of benzene rings is 1. The standard InChI is InChI=1S/C17H18N4O2S/c1-12-4-6-13(7-5-12)11-24-17-20-19-16(14-3-2-10-23-14)21(17)9-8-15(18)22/h2-7,10H,8-9,11H2,1H3,(H2,18,22). The number of nitrogens with two attached hydrogens (primary N) is 1. The van der Waals surface area contributed by atoms with Crippen molar-refractivity contribution in [2.75, 3.05) is 0 Å². The summed E-state index contributed by atoms with van der Waals surface area (Å²) in [6.07, 6.45) is 1.81. The largest absolute Gasteiger partial charge is 0.461 e. The van der Waals surface area contributed by atoms with Gasteiger partial charge in [-0.1, -0.05) is 41.6 Å². The van der Waals surface area contributed by atoms with E-state index in [1.54, 1.807) is 24.1 Å². The summed E-state index contributed by atoms with van der Waals surface area (Å²) >= 11 is 1.57. The molecule has 0 saturated carbocycles. The van der Waals surface area contributed by atoms with Crippen molar-refractivity contribution < 1.29 is 9.21 Å². The van der Waals surface area contributed by atoms with Crippen molar-refractivity contribution in [2.24, 2.45) is 5.73 Å². The first kappa shape index (κ1) is 16.3. The Labute approximate surface area is 144 Å². The highest BCUT2D eigenvalue weighted by Crippen LogP contribution is 2.27. The lowest BCUT2D eigenvalue weighted by molar-refractivity contribution is -0.118. The van der Waals surface area contributed by atoms with Crippen LogP contribution in [0.3, 0.4) is 0 Å². The van der Waals surface area contributed by atoms with Crippen LogP contribution in [0.4, 0.5) is 0 Å². The van der Waals surface area contributed by atoms with E-state index in [0.717, 1.165) is 10.9 Å². The van der Waals surface area contributed by atoms with Gasteiger partial charge < -0.3 is 10.2 Å². The normalized spacial score (nSPS) is 10.9. The molecule has 1 aromatic carbocycles. The summed E-state index contributed by atoms with van der Waals surface area (Å²) in [5.41, 5.74) is 7.72. The number of primary amides is 1. The zero-order chi connectivity index (χ0) is 16.9. The molecule has 0 saturated heterocycles. The van der Waals surface area contributed by atoms with Crippen LogP contribution in [-0.2, 0) is 17.1 Å². The van der Waals surface area contributed by atoms with Gasteiger partial charge >= 0.3 is 0 Å². The molecule has 2 aromatic heterocycles. The minimum atomic E-state index is -0.358. The highest BCUT2D eigenvalue weighted by atomic mass is 32.2. The maximum absolute atomic E-state index is 11.2. The van der Waals surface area contributed by atoms with Gasteiger partial charge in [0, 0.05) is 18.7 Å². The van der Waals surface area contributed by atoms with Gasteiger partial charge in [0.2, 0.25) is 5.91 Å². The van der Waals surface area contributed by atoms with Crippen LogP contribution in [0.2, 0.25) is 0 Å². The van der Waals surface area contributed by atoms with Crippen molar-refractivity contribution >= 4 is 17.7 Å². The molecule has 2 heterocycles. The molecule has 0 aliphatic rings. The number of nitrogens with zero attached hydrogens (tertiary/aromatic N) is 3. The van der Waals surface area contributed by atoms with Gasteiger partial charge in [0.1, 0.15) is 0 Å². The van der Waals surface area contributed by atoms with E-state index in [1.165, 1.54) is 11.1 Å². The number of carbonyl (C=O) groups excluding carboxylic acids is 1. The topological polar surface area (TPSA) is 86.9 Å². The maximum Gasteiger partial charge on any atom is 0.219 e. The SMILES string of the molecule is Cc1ccc(CSc2nnc(-c3ccco3)n2CCC(N)=O)cc1. The summed E-state index contributed by atoms with van der Waals surface area (Å²) in [5.74, 6) is 1.64. The van der Waals surface area contributed by atoms with Crippen LogP contribution in [-0.4, -0.2) is 20.7 Å². The van der Waals surface area contributed by atoms with E-state index >= 15 is 0 Å². The van der Waals surface area contributed by atoms with Gasteiger partial charge in [-0.05, 0) is 24.6 Å². The summed E-state index contributed by atoms with van der Waals surface area (Å²) in [6.45, 7) is 2.49. The van der Waals surface area contributed by atoms with Crippen molar-refractivity contribution in [2.45, 2.75) is 30.8 Å². The molecule has 1 amide bonds. The Balaban J connectivity index is 1.81. The van der Waals surface area contributed by atoms with Crippen LogP contribution < -0.4 is 5.73 Å². The Kier molecular flexibility index (Phi) is 5.00. The zero-order valence-corrected chi connectivity index (χ0v) is 14.1. The van der Waals surface area contributed by atoms with Gasteiger partial charge in [0.15, 0.2) is 16.7 Å². The van der Waals surface area contributed by atoms with Gasteiger partial charge in [-0.25, -0.2) is 0 Å². The summed E-state index contributed by atoms with van der Waals surface area (Å²) in [5, 5.41) is 9.19. The van der Waals surface area contributed by atoms with E-state index in [1.807, 2.05) is 10.6 Å². The molecule has 0 bridgehead atoms. The predicted octanol–water partition coefficient (Wildman–Crippen LogP) is 3.01. The van der Waals surface area contributed by atoms with Crippen molar-refractivity contribution in [3.63, 3.8) is 0 Å². The lowest BCUT2D eigenvalue weighted by atomic mass is 10.2. The number of hydrogen-bond donors (Lipinski definition) is 1. The number of thioether (sulfide) groups is 1. The number of amides is 1. The number of aryl methyl sites for hydroxylation is 1. The molecule has 2 N–H and O–H groups in total. The number of carbonyl (C=O) groups is 1. The lowest BCUT2D eigenvalue weighted by Crippen LogP contribution is -2.15. The number of rotatable bonds is 7. The second-order valence-corrected chi connectivity index (χ2v) is 6.37. The van der Waals surface area contributed by atoms with E-state index in [0.29, 0.717) is 18.1 Å². The molecule has 24 heavy (non-hydrogen) atoms. The zero-order valence-electron chi connectivity index (χ0n) is 13.3. The van der Waals surface area contributed by atoms with Crippen LogP contribution in [0, 0.1) is 6.92 Å². The summed E-state index contributed by atoms with van der Waals surface area (Å²) in [4.78, 5) is 11.2. The maximum atomic E-state index is 11.2.